The quantitative estimate of drug-likeness (QED) is 0.240. The molecule has 1 aromatic carbocycles. The van der Waals surface area contributed by atoms with E-state index in [1.807, 2.05) is 6.07 Å². The van der Waals surface area contributed by atoms with E-state index in [1.54, 1.807) is 25.1 Å². The Morgan fingerprint density at radius 1 is 1.36 bits per heavy atom. The highest BCUT2D eigenvalue weighted by molar-refractivity contribution is 5.89. The first kappa shape index (κ1) is 18.6. The molecule has 1 atom stereocenters. The van der Waals surface area contributed by atoms with Crippen molar-refractivity contribution in [1.29, 1.82) is 0 Å². The molecule has 1 unspecified atom stereocenters. The van der Waals surface area contributed by atoms with E-state index in [2.05, 4.69) is 17.1 Å². The van der Waals surface area contributed by atoms with Crippen LogP contribution in [0.1, 0.15) is 41.9 Å². The van der Waals surface area contributed by atoms with Crippen LogP contribution in [0.15, 0.2) is 41.9 Å². The van der Waals surface area contributed by atoms with Crippen molar-refractivity contribution >= 4 is 17.8 Å². The van der Waals surface area contributed by atoms with Gasteiger partial charge in [-0.3, -0.25) is 4.89 Å². The number of unbranched alkanes of at least 4 members (excludes halogenated alkanes) is 1. The Balaban J connectivity index is 1.70. The fourth-order valence-electron chi connectivity index (χ4n) is 1.99. The number of carbonyl (C=O) groups excluding carboxylic acids is 2. The van der Waals surface area contributed by atoms with Gasteiger partial charge in [0.05, 0.1) is 18.8 Å². The van der Waals surface area contributed by atoms with Crippen LogP contribution in [0, 0.1) is 0 Å². The summed E-state index contributed by atoms with van der Waals surface area (Å²) in [6, 6.07) is 6.83. The number of nitrogens with one attached hydrogen (secondary N) is 1. The molecule has 1 aromatic rings. The maximum Gasteiger partial charge on any atom is 0.373 e. The molecule has 1 aliphatic rings. The van der Waals surface area contributed by atoms with Gasteiger partial charge in [-0.1, -0.05) is 18.7 Å². The van der Waals surface area contributed by atoms with E-state index in [9.17, 15) is 9.59 Å². The largest absolute Gasteiger partial charge is 0.463 e. The minimum Gasteiger partial charge on any atom is -0.463 e. The second-order valence-corrected chi connectivity index (χ2v) is 5.17. The van der Waals surface area contributed by atoms with Crippen LogP contribution < -0.4 is 5.48 Å². The molecule has 1 aliphatic heterocycles. The first-order valence-corrected chi connectivity index (χ1v) is 7.80. The van der Waals surface area contributed by atoms with Crippen LogP contribution in [-0.4, -0.2) is 31.1 Å². The van der Waals surface area contributed by atoms with E-state index in [4.69, 9.17) is 19.3 Å². The van der Waals surface area contributed by atoms with Gasteiger partial charge in [0.1, 0.15) is 0 Å². The van der Waals surface area contributed by atoms with Gasteiger partial charge in [0.15, 0.2) is 6.17 Å². The van der Waals surface area contributed by atoms with Crippen LogP contribution in [0.5, 0.6) is 0 Å². The van der Waals surface area contributed by atoms with Crippen molar-refractivity contribution in [2.75, 3.05) is 13.2 Å². The summed E-state index contributed by atoms with van der Waals surface area (Å²) in [5.74, 6) is -0.534. The summed E-state index contributed by atoms with van der Waals surface area (Å²) in [5.41, 5.74) is 3.86. The molecule has 0 bridgehead atoms. The molecule has 0 saturated carbocycles. The summed E-state index contributed by atoms with van der Waals surface area (Å²) in [6.07, 6.45) is 1.92. The highest BCUT2D eigenvalue weighted by Gasteiger charge is 2.19. The summed E-state index contributed by atoms with van der Waals surface area (Å²) in [4.78, 5) is 41.8. The van der Waals surface area contributed by atoms with Gasteiger partial charge in [-0.25, -0.2) is 14.6 Å². The molecule has 8 heteroatoms. The van der Waals surface area contributed by atoms with Gasteiger partial charge in [-0.2, -0.15) is 4.89 Å². The van der Waals surface area contributed by atoms with Crippen LogP contribution in [0.4, 0.5) is 0 Å². The van der Waals surface area contributed by atoms with Crippen molar-refractivity contribution in [3.05, 3.63) is 48.0 Å². The van der Waals surface area contributed by atoms with Crippen molar-refractivity contribution in [1.82, 2.24) is 5.48 Å². The Bertz CT molecular complexity index is 658. The van der Waals surface area contributed by atoms with E-state index in [0.717, 1.165) is 11.6 Å². The van der Waals surface area contributed by atoms with Crippen molar-refractivity contribution < 1.29 is 28.9 Å². The summed E-state index contributed by atoms with van der Waals surface area (Å²) in [7, 11) is 0. The molecule has 0 aliphatic carbocycles. The molecular weight excluding hydrogens is 328 g/mol. The number of hydroxylamine groups is 1. The van der Waals surface area contributed by atoms with Crippen molar-refractivity contribution in [3.63, 3.8) is 0 Å². The van der Waals surface area contributed by atoms with Crippen LogP contribution >= 0.6 is 0 Å². The second kappa shape index (κ2) is 9.55. The first-order valence-electron chi connectivity index (χ1n) is 7.80. The SMILES string of the molecule is C=CC(=O)OCCCCOOC(=O)c1cccc(C2N=C(C)ON2)c1. The zero-order valence-corrected chi connectivity index (χ0v) is 13.9. The van der Waals surface area contributed by atoms with E-state index < -0.39 is 11.9 Å². The Kier molecular flexibility index (Phi) is 7.12. The Morgan fingerprint density at radius 2 is 2.16 bits per heavy atom. The van der Waals surface area contributed by atoms with Gasteiger partial charge in [0.2, 0.25) is 5.90 Å². The number of ether oxygens (including phenoxy) is 1. The number of rotatable bonds is 9. The van der Waals surface area contributed by atoms with Crippen LogP contribution in [-0.2, 0) is 24.1 Å². The molecule has 134 valence electrons. The summed E-state index contributed by atoms with van der Waals surface area (Å²) < 4.78 is 4.81. The molecule has 0 fully saturated rings. The number of benzene rings is 1. The summed E-state index contributed by atoms with van der Waals surface area (Å²) >= 11 is 0. The molecule has 25 heavy (non-hydrogen) atoms. The van der Waals surface area contributed by atoms with Crippen molar-refractivity contribution in [2.24, 2.45) is 4.99 Å². The second-order valence-electron chi connectivity index (χ2n) is 5.17. The predicted molar refractivity (Wildman–Crippen MR) is 88.3 cm³/mol. The number of hydrogen-bond acceptors (Lipinski definition) is 8. The monoisotopic (exact) mass is 348 g/mol. The number of hydrogen-bond donors (Lipinski definition) is 1. The van der Waals surface area contributed by atoms with Gasteiger partial charge in [-0.15, -0.1) is 5.48 Å². The van der Waals surface area contributed by atoms with Crippen molar-refractivity contribution in [2.45, 2.75) is 25.9 Å². The molecule has 0 saturated heterocycles. The lowest BCUT2D eigenvalue weighted by molar-refractivity contribution is -0.241. The predicted octanol–water partition coefficient (Wildman–Crippen LogP) is 2.24. The molecule has 1 N–H and O–H groups in total. The van der Waals surface area contributed by atoms with Crippen LogP contribution in [0.2, 0.25) is 0 Å². The molecule has 8 nitrogen and oxygen atoms in total. The van der Waals surface area contributed by atoms with Gasteiger partial charge in [0, 0.05) is 13.0 Å². The Labute approximate surface area is 145 Å². The third kappa shape index (κ3) is 6.02. The van der Waals surface area contributed by atoms with Crippen LogP contribution in [0.3, 0.4) is 0 Å². The number of nitrogens with zero attached hydrogens (tertiary/aromatic N) is 1. The highest BCUT2D eigenvalue weighted by atomic mass is 17.2. The topological polar surface area (TPSA) is 95.5 Å². The van der Waals surface area contributed by atoms with E-state index in [1.165, 1.54) is 0 Å². The molecule has 1 heterocycles. The van der Waals surface area contributed by atoms with Gasteiger partial charge < -0.3 is 9.57 Å². The fourth-order valence-corrected chi connectivity index (χ4v) is 1.99. The van der Waals surface area contributed by atoms with Crippen LogP contribution in [0.25, 0.3) is 0 Å². The van der Waals surface area contributed by atoms with E-state index in [0.29, 0.717) is 24.3 Å². The molecule has 0 amide bonds. The molecule has 0 radical (unpaired) electrons. The summed E-state index contributed by atoms with van der Waals surface area (Å²) in [6.45, 7) is 5.50. The molecule has 0 aromatic heterocycles. The van der Waals surface area contributed by atoms with E-state index >= 15 is 0 Å². The zero-order valence-electron chi connectivity index (χ0n) is 13.9. The lowest BCUT2D eigenvalue weighted by atomic mass is 10.1. The zero-order chi connectivity index (χ0) is 18.1. The lowest BCUT2D eigenvalue weighted by Gasteiger charge is -2.08. The lowest BCUT2D eigenvalue weighted by Crippen LogP contribution is -2.14. The third-order valence-electron chi connectivity index (χ3n) is 3.23. The first-order chi connectivity index (χ1) is 12.1. The molecule has 0 spiro atoms. The maximum absolute atomic E-state index is 12.0. The standard InChI is InChI=1S/C17H20N2O6/c1-3-15(20)22-9-4-5-10-23-25-17(21)14-8-6-7-13(11-14)16-18-12(2)24-19-16/h3,6-8,11,16,19H,1,4-5,9-10H2,2H3. The van der Waals surface area contributed by atoms with Gasteiger partial charge in [-0.05, 0) is 30.5 Å². The summed E-state index contributed by atoms with van der Waals surface area (Å²) in [5, 5.41) is 0. The Hall–Kier alpha value is -2.71. The number of aliphatic imine (C=N–C) groups is 1. The number of carbonyl (C=O) groups is 2. The smallest absolute Gasteiger partial charge is 0.373 e. The van der Waals surface area contributed by atoms with Crippen molar-refractivity contribution in [3.8, 4) is 0 Å². The third-order valence-corrected chi connectivity index (χ3v) is 3.23. The maximum atomic E-state index is 12.0. The number of esters is 1. The van der Waals surface area contributed by atoms with Gasteiger partial charge in [0.25, 0.3) is 0 Å². The molecule has 2 rings (SSSR count). The van der Waals surface area contributed by atoms with E-state index in [-0.39, 0.29) is 19.4 Å². The average Bonchev–Trinajstić information content (AvgIpc) is 3.07. The molecular formula is C17H20N2O6. The van der Waals surface area contributed by atoms with Gasteiger partial charge >= 0.3 is 11.9 Å². The Morgan fingerprint density at radius 3 is 2.88 bits per heavy atom. The fraction of sp³-hybridized carbons (Fsp3) is 0.353. The normalized spacial score (nSPS) is 15.9. The minimum absolute atomic E-state index is 0.207. The minimum atomic E-state index is -0.598. The highest BCUT2D eigenvalue weighted by Crippen LogP contribution is 2.20. The average molecular weight is 348 g/mol.